The van der Waals surface area contributed by atoms with Crippen LogP contribution in [0.2, 0.25) is 4.34 Å². The second-order valence-electron chi connectivity index (χ2n) is 9.69. The summed E-state index contributed by atoms with van der Waals surface area (Å²) in [5.74, 6) is 0.301. The minimum absolute atomic E-state index is 0.0150. The van der Waals surface area contributed by atoms with Gasteiger partial charge in [-0.3, -0.25) is 9.36 Å². The molecule has 1 aromatic carbocycles. The van der Waals surface area contributed by atoms with Crippen molar-refractivity contribution < 1.29 is 22.7 Å². The van der Waals surface area contributed by atoms with Gasteiger partial charge in [0.15, 0.2) is 0 Å². The third-order valence-corrected chi connectivity index (χ3v) is 9.55. The average Bonchev–Trinajstić information content (AvgIpc) is 3.30. The molecule has 5 rings (SSSR count). The Morgan fingerprint density at radius 3 is 2.54 bits per heavy atom. The van der Waals surface area contributed by atoms with E-state index >= 15 is 0 Å². The molecule has 13 heteroatoms. The predicted octanol–water partition coefficient (Wildman–Crippen LogP) is 5.70. The van der Waals surface area contributed by atoms with Gasteiger partial charge < -0.3 is 14.5 Å². The Balaban J connectivity index is 1.80. The van der Waals surface area contributed by atoms with Crippen LogP contribution in [-0.4, -0.2) is 65.0 Å². The molecule has 208 valence electrons. The molecule has 1 saturated heterocycles. The smallest absolute Gasteiger partial charge is 0.383 e. The molecular weight excluding hydrogens is 573 g/mol. The van der Waals surface area contributed by atoms with Crippen molar-refractivity contribution >= 4 is 57.3 Å². The van der Waals surface area contributed by atoms with Gasteiger partial charge in [0, 0.05) is 58.8 Å². The van der Waals surface area contributed by atoms with Crippen molar-refractivity contribution in [1.82, 2.24) is 14.5 Å². The number of nitrogens with zero attached hydrogens (tertiary/aromatic N) is 4. The van der Waals surface area contributed by atoms with Crippen LogP contribution < -0.4 is 10.6 Å². The van der Waals surface area contributed by atoms with Crippen LogP contribution in [0.15, 0.2) is 40.5 Å². The van der Waals surface area contributed by atoms with E-state index in [0.717, 1.165) is 17.4 Å². The third-order valence-electron chi connectivity index (χ3n) is 7.06. The minimum atomic E-state index is -4.67. The van der Waals surface area contributed by atoms with Gasteiger partial charge in [-0.1, -0.05) is 18.2 Å². The fraction of sp³-hybridized carbons (Fsp3) is 0.423. The van der Waals surface area contributed by atoms with E-state index in [9.17, 15) is 22.8 Å². The second-order valence-corrected chi connectivity index (χ2v) is 12.4. The number of amides is 1. The summed E-state index contributed by atoms with van der Waals surface area (Å²) < 4.78 is 51.1. The summed E-state index contributed by atoms with van der Waals surface area (Å²) in [5.41, 5.74) is -0.945. The molecule has 1 amide bonds. The van der Waals surface area contributed by atoms with Crippen molar-refractivity contribution in [3.8, 4) is 10.4 Å². The lowest BCUT2D eigenvalue weighted by molar-refractivity contribution is -0.137. The van der Waals surface area contributed by atoms with Crippen LogP contribution in [0.4, 0.5) is 19.0 Å². The molecule has 0 radical (unpaired) electrons. The van der Waals surface area contributed by atoms with Crippen molar-refractivity contribution in [1.29, 1.82) is 0 Å². The minimum Gasteiger partial charge on any atom is -0.383 e. The van der Waals surface area contributed by atoms with Crippen LogP contribution in [0.5, 0.6) is 0 Å². The van der Waals surface area contributed by atoms with Gasteiger partial charge in [-0.15, -0.1) is 23.1 Å². The van der Waals surface area contributed by atoms with Gasteiger partial charge in [-0.2, -0.15) is 18.2 Å². The van der Waals surface area contributed by atoms with E-state index in [1.165, 1.54) is 29.5 Å². The van der Waals surface area contributed by atoms with Crippen LogP contribution in [0.25, 0.3) is 21.3 Å². The summed E-state index contributed by atoms with van der Waals surface area (Å²) in [6, 6.07) is 3.28. The number of thioether (sulfide) groups is 1. The second kappa shape index (κ2) is 10.5. The van der Waals surface area contributed by atoms with E-state index < -0.39 is 23.5 Å². The topological polar surface area (TPSA) is 67.7 Å². The molecule has 3 atom stereocenters. The maximum absolute atomic E-state index is 14.6. The fourth-order valence-electron chi connectivity index (χ4n) is 5.60. The number of hydrogen-bond donors (Lipinski definition) is 0. The van der Waals surface area contributed by atoms with Crippen molar-refractivity contribution in [3.05, 3.63) is 51.2 Å². The highest BCUT2D eigenvalue weighted by atomic mass is 35.5. The average molecular weight is 599 g/mol. The molecule has 0 bridgehead atoms. The Hall–Kier alpha value is -2.54. The largest absolute Gasteiger partial charge is 0.417 e. The molecule has 0 spiro atoms. The summed E-state index contributed by atoms with van der Waals surface area (Å²) in [6.45, 7) is 8.08. The van der Waals surface area contributed by atoms with Gasteiger partial charge in [0.2, 0.25) is 5.91 Å². The number of halogens is 4. The van der Waals surface area contributed by atoms with Gasteiger partial charge >= 0.3 is 11.9 Å². The first-order valence-corrected chi connectivity index (χ1v) is 14.4. The molecule has 2 aliphatic heterocycles. The molecule has 39 heavy (non-hydrogen) atoms. The first kappa shape index (κ1) is 28.0. The zero-order chi connectivity index (χ0) is 28.2. The van der Waals surface area contributed by atoms with E-state index in [-0.39, 0.29) is 41.4 Å². The Morgan fingerprint density at radius 1 is 1.28 bits per heavy atom. The molecule has 0 saturated carbocycles. The molecule has 0 aliphatic carbocycles. The Kier molecular flexibility index (Phi) is 7.51. The molecule has 3 unspecified atom stereocenters. The highest BCUT2D eigenvalue weighted by Crippen LogP contribution is 2.51. The number of anilines is 1. The lowest BCUT2D eigenvalue weighted by Crippen LogP contribution is -2.58. The maximum atomic E-state index is 14.6. The number of rotatable bonds is 5. The van der Waals surface area contributed by atoms with Gasteiger partial charge in [-0.25, -0.2) is 4.79 Å². The van der Waals surface area contributed by atoms with Crippen molar-refractivity contribution in [3.63, 3.8) is 0 Å². The van der Waals surface area contributed by atoms with Crippen molar-refractivity contribution in [2.75, 3.05) is 37.5 Å². The SMILES string of the molecule is C=CC(=O)N1C(C)CN(c2nc(=O)n3c4c(c(-c5ccc(Cl)s5)c(C(F)(F)F)cc24)SCC3COC)CC1C. The van der Waals surface area contributed by atoms with E-state index in [1.54, 1.807) is 21.9 Å². The highest BCUT2D eigenvalue weighted by molar-refractivity contribution is 7.99. The third kappa shape index (κ3) is 4.85. The van der Waals surface area contributed by atoms with Crippen LogP contribution in [-0.2, 0) is 15.7 Å². The maximum Gasteiger partial charge on any atom is 0.417 e. The lowest BCUT2D eigenvalue weighted by atomic mass is 10.00. The summed E-state index contributed by atoms with van der Waals surface area (Å²) in [7, 11) is 1.52. The zero-order valence-electron chi connectivity index (χ0n) is 21.4. The molecule has 7 nitrogen and oxygen atoms in total. The van der Waals surface area contributed by atoms with E-state index in [0.29, 0.717) is 38.5 Å². The number of carbonyl (C=O) groups excluding carboxylic acids is 1. The number of alkyl halides is 3. The predicted molar refractivity (Wildman–Crippen MR) is 149 cm³/mol. The summed E-state index contributed by atoms with van der Waals surface area (Å²) in [6.07, 6.45) is -3.43. The molecule has 1 fully saturated rings. The summed E-state index contributed by atoms with van der Waals surface area (Å²) >= 11 is 8.47. The van der Waals surface area contributed by atoms with Crippen molar-refractivity contribution in [2.45, 2.75) is 43.0 Å². The Labute approximate surface area is 236 Å². The number of aromatic nitrogens is 2. The monoisotopic (exact) mass is 598 g/mol. The van der Waals surface area contributed by atoms with E-state index in [2.05, 4.69) is 11.6 Å². The van der Waals surface area contributed by atoms with Gasteiger partial charge in [0.1, 0.15) is 5.82 Å². The molecule has 4 heterocycles. The first-order valence-electron chi connectivity index (χ1n) is 12.2. The first-order chi connectivity index (χ1) is 18.5. The number of hydrogen-bond acceptors (Lipinski definition) is 7. The Morgan fingerprint density at radius 2 is 1.97 bits per heavy atom. The number of thiophene rings is 1. The number of piperazine rings is 1. The lowest BCUT2D eigenvalue weighted by Gasteiger charge is -2.45. The van der Waals surface area contributed by atoms with E-state index in [4.69, 9.17) is 16.3 Å². The summed E-state index contributed by atoms with van der Waals surface area (Å²) in [5, 5.41) is 0.236. The van der Waals surface area contributed by atoms with Crippen LogP contribution >= 0.6 is 34.7 Å². The van der Waals surface area contributed by atoms with Crippen LogP contribution in [0.3, 0.4) is 0 Å². The molecule has 2 aromatic heterocycles. The number of methoxy groups -OCH3 is 1. The standard InChI is InChI=1S/C26H26ClF3N4O3S2/c1-5-20(35)33-13(2)9-32(10-14(33)3)24-16-8-17(26(28,29)30)21(18-6-7-19(27)39-18)23-22(16)34(25(36)31-24)15(11-37-4)12-38-23/h5-8,13-15H,1,9-12H2,2-4H3. The van der Waals surface area contributed by atoms with Gasteiger partial charge in [0.25, 0.3) is 0 Å². The number of carbonyl (C=O) groups is 1. The normalized spacial score (nSPS) is 21.5. The molecule has 3 aromatic rings. The summed E-state index contributed by atoms with van der Waals surface area (Å²) in [4.78, 5) is 34.6. The highest BCUT2D eigenvalue weighted by Gasteiger charge is 2.40. The zero-order valence-corrected chi connectivity index (χ0v) is 23.8. The number of ether oxygens (including phenoxy) is 1. The van der Waals surface area contributed by atoms with Gasteiger partial charge in [0.05, 0.1) is 28.1 Å². The number of benzene rings is 1. The van der Waals surface area contributed by atoms with Gasteiger partial charge in [-0.05, 0) is 38.1 Å². The van der Waals surface area contributed by atoms with Crippen LogP contribution in [0, 0.1) is 0 Å². The van der Waals surface area contributed by atoms with Crippen molar-refractivity contribution in [2.24, 2.45) is 0 Å². The molecule has 2 aliphatic rings. The van der Waals surface area contributed by atoms with E-state index in [1.807, 2.05) is 13.8 Å². The molecular formula is C26H26ClF3N4O3S2. The Bertz CT molecular complexity index is 1510. The quantitative estimate of drug-likeness (QED) is 0.351. The van der Waals surface area contributed by atoms with Crippen LogP contribution in [0.1, 0.15) is 25.5 Å². The fourth-order valence-corrected chi connectivity index (χ4v) is 8.09. The molecule has 0 N–H and O–H groups in total.